The summed E-state index contributed by atoms with van der Waals surface area (Å²) in [5, 5.41) is 0. The molecule has 0 nitrogen and oxygen atoms in total. The van der Waals surface area contributed by atoms with Crippen molar-refractivity contribution in [2.75, 3.05) is 0 Å². The number of benzene rings is 1. The molecule has 0 spiro atoms. The van der Waals surface area contributed by atoms with E-state index in [1.807, 2.05) is 0 Å². The highest BCUT2D eigenvalue weighted by Gasteiger charge is 2.02. The van der Waals surface area contributed by atoms with Crippen LogP contribution in [0.2, 0.25) is 0 Å². The molecule has 0 fully saturated rings. The van der Waals surface area contributed by atoms with E-state index in [-0.39, 0.29) is 0 Å². The second kappa shape index (κ2) is 3.83. The van der Waals surface area contributed by atoms with Crippen LogP contribution in [-0.2, 0) is 0 Å². The van der Waals surface area contributed by atoms with Crippen LogP contribution in [0.15, 0.2) is 35.4 Å². The first-order chi connectivity index (χ1) is 6.75. The zero-order valence-corrected chi connectivity index (χ0v) is 8.88. The Bertz CT molecular complexity index is 355. The lowest BCUT2D eigenvalue weighted by Gasteiger charge is -2.10. The van der Waals surface area contributed by atoms with E-state index in [1.54, 1.807) is 0 Å². The van der Waals surface area contributed by atoms with Crippen LogP contribution in [-0.4, -0.2) is 0 Å². The lowest BCUT2D eigenvalue weighted by atomic mass is 9.96. The summed E-state index contributed by atoms with van der Waals surface area (Å²) in [6.45, 7) is 4.44. The van der Waals surface area contributed by atoms with Crippen molar-refractivity contribution >= 4 is 12.2 Å². The van der Waals surface area contributed by atoms with E-state index in [1.165, 1.54) is 35.1 Å². The van der Waals surface area contributed by atoms with Crippen molar-refractivity contribution in [3.8, 4) is 0 Å². The van der Waals surface area contributed by atoms with Crippen molar-refractivity contribution in [1.29, 1.82) is 0 Å². The molecule has 0 saturated heterocycles. The maximum atomic E-state index is 2.30. The van der Waals surface area contributed by atoms with Gasteiger partial charge in [-0.25, -0.2) is 0 Å². The Labute approximate surface area is 86.0 Å². The zero-order valence-electron chi connectivity index (χ0n) is 8.88. The minimum absolute atomic E-state index is 1.19. The van der Waals surface area contributed by atoms with E-state index in [2.05, 4.69) is 50.3 Å². The number of allylic oxidation sites excluding steroid dienone is 2. The summed E-state index contributed by atoms with van der Waals surface area (Å²) < 4.78 is 0. The van der Waals surface area contributed by atoms with Crippen LogP contribution < -0.4 is 0 Å². The molecule has 14 heavy (non-hydrogen) atoms. The van der Waals surface area contributed by atoms with Crippen LogP contribution in [0.25, 0.3) is 12.2 Å². The van der Waals surface area contributed by atoms with E-state index in [0.29, 0.717) is 0 Å². The molecule has 72 valence electrons. The monoisotopic (exact) mass is 184 g/mol. The van der Waals surface area contributed by atoms with Crippen LogP contribution in [0.4, 0.5) is 0 Å². The second-order valence-corrected chi connectivity index (χ2v) is 4.11. The van der Waals surface area contributed by atoms with Gasteiger partial charge in [0, 0.05) is 0 Å². The highest BCUT2D eigenvalue weighted by molar-refractivity contribution is 5.68. The Balaban J connectivity index is 2.54. The van der Waals surface area contributed by atoms with Crippen molar-refractivity contribution in [2.24, 2.45) is 0 Å². The first kappa shape index (κ1) is 9.26. The molecule has 0 amide bonds. The summed E-state index contributed by atoms with van der Waals surface area (Å²) in [7, 11) is 0. The Morgan fingerprint density at radius 3 is 1.64 bits per heavy atom. The minimum Gasteiger partial charge on any atom is -0.0724 e. The van der Waals surface area contributed by atoms with Crippen LogP contribution >= 0.6 is 0 Å². The molecule has 0 bridgehead atoms. The maximum absolute atomic E-state index is 2.30. The van der Waals surface area contributed by atoms with Crippen molar-refractivity contribution in [2.45, 2.75) is 26.7 Å². The molecule has 0 atom stereocenters. The number of hydrogen-bond donors (Lipinski definition) is 0. The molecule has 1 aliphatic carbocycles. The molecular weight excluding hydrogens is 168 g/mol. The third-order valence-corrected chi connectivity index (χ3v) is 2.71. The quantitative estimate of drug-likeness (QED) is 0.564. The first-order valence-electron chi connectivity index (χ1n) is 5.19. The van der Waals surface area contributed by atoms with Gasteiger partial charge in [-0.2, -0.15) is 0 Å². The van der Waals surface area contributed by atoms with Gasteiger partial charge >= 0.3 is 0 Å². The maximum Gasteiger partial charge on any atom is -0.0185 e. The molecule has 0 N–H and O–H groups in total. The minimum atomic E-state index is 1.19. The second-order valence-electron chi connectivity index (χ2n) is 4.11. The molecule has 0 saturated carbocycles. The molecule has 0 aliphatic heterocycles. The summed E-state index contributed by atoms with van der Waals surface area (Å²) in [5.41, 5.74) is 5.66. The summed E-state index contributed by atoms with van der Waals surface area (Å²) in [4.78, 5) is 0. The fraction of sp³-hybridized carbons (Fsp3) is 0.286. The van der Waals surface area contributed by atoms with Crippen LogP contribution in [0.5, 0.6) is 0 Å². The van der Waals surface area contributed by atoms with Crippen molar-refractivity contribution in [3.63, 3.8) is 0 Å². The van der Waals surface area contributed by atoms with Gasteiger partial charge in [0.25, 0.3) is 0 Å². The zero-order chi connectivity index (χ0) is 9.97. The lowest BCUT2D eigenvalue weighted by molar-refractivity contribution is 0.934. The molecule has 2 rings (SSSR count). The third kappa shape index (κ3) is 1.95. The lowest BCUT2D eigenvalue weighted by Crippen LogP contribution is -1.89. The largest absolute Gasteiger partial charge is 0.0724 e. The van der Waals surface area contributed by atoms with E-state index in [4.69, 9.17) is 0 Å². The molecule has 1 aliphatic rings. The highest BCUT2D eigenvalue weighted by atomic mass is 14.1. The Morgan fingerprint density at radius 2 is 1.21 bits per heavy atom. The fourth-order valence-corrected chi connectivity index (χ4v) is 1.84. The van der Waals surface area contributed by atoms with Gasteiger partial charge in [-0.15, -0.1) is 0 Å². The molecule has 0 unspecified atom stereocenters. The normalized spacial score (nSPS) is 16.1. The SMILES string of the molecule is CC1=Cc2ccccc2C=C(C)CC1. The van der Waals surface area contributed by atoms with Crippen molar-refractivity contribution in [3.05, 3.63) is 46.5 Å². The predicted octanol–water partition coefficient (Wildman–Crippen LogP) is 4.29. The summed E-state index contributed by atoms with van der Waals surface area (Å²) >= 11 is 0. The van der Waals surface area contributed by atoms with Crippen molar-refractivity contribution in [1.82, 2.24) is 0 Å². The van der Waals surface area contributed by atoms with E-state index in [9.17, 15) is 0 Å². The van der Waals surface area contributed by atoms with Gasteiger partial charge in [-0.05, 0) is 37.8 Å². The summed E-state index contributed by atoms with van der Waals surface area (Å²) in [6, 6.07) is 8.59. The Hall–Kier alpha value is -1.30. The van der Waals surface area contributed by atoms with Crippen LogP contribution in [0, 0.1) is 0 Å². The van der Waals surface area contributed by atoms with E-state index >= 15 is 0 Å². The molecule has 0 heterocycles. The van der Waals surface area contributed by atoms with Crippen molar-refractivity contribution < 1.29 is 0 Å². The van der Waals surface area contributed by atoms with Gasteiger partial charge < -0.3 is 0 Å². The van der Waals surface area contributed by atoms with Gasteiger partial charge in [0.2, 0.25) is 0 Å². The van der Waals surface area contributed by atoms with Gasteiger partial charge in [-0.1, -0.05) is 47.6 Å². The van der Waals surface area contributed by atoms with Gasteiger partial charge in [0.05, 0.1) is 0 Å². The number of hydrogen-bond acceptors (Lipinski definition) is 0. The highest BCUT2D eigenvalue weighted by Crippen LogP contribution is 2.23. The van der Waals surface area contributed by atoms with Gasteiger partial charge in [0.1, 0.15) is 0 Å². The molecule has 0 heteroatoms. The Kier molecular flexibility index (Phi) is 2.53. The number of fused-ring (bicyclic) bond motifs is 1. The smallest absolute Gasteiger partial charge is 0.0185 e. The van der Waals surface area contributed by atoms with Gasteiger partial charge in [-0.3, -0.25) is 0 Å². The number of rotatable bonds is 0. The van der Waals surface area contributed by atoms with E-state index in [0.717, 1.165) is 0 Å². The summed E-state index contributed by atoms with van der Waals surface area (Å²) in [6.07, 6.45) is 6.99. The third-order valence-electron chi connectivity index (χ3n) is 2.71. The Morgan fingerprint density at radius 1 is 0.786 bits per heavy atom. The predicted molar refractivity (Wildman–Crippen MR) is 63.0 cm³/mol. The standard InChI is InChI=1S/C14H16/c1-11-7-8-12(2)10-14-6-4-3-5-13(14)9-11/h3-6,9-10H,7-8H2,1-2H3. The topological polar surface area (TPSA) is 0 Å². The average molecular weight is 184 g/mol. The molecular formula is C14H16. The van der Waals surface area contributed by atoms with Crippen LogP contribution in [0.3, 0.4) is 0 Å². The first-order valence-corrected chi connectivity index (χ1v) is 5.19. The van der Waals surface area contributed by atoms with E-state index < -0.39 is 0 Å². The van der Waals surface area contributed by atoms with Crippen LogP contribution in [0.1, 0.15) is 37.8 Å². The molecule has 1 aromatic rings. The summed E-state index contributed by atoms with van der Waals surface area (Å²) in [5.74, 6) is 0. The molecule has 0 radical (unpaired) electrons. The molecule has 1 aromatic carbocycles. The average Bonchev–Trinajstić information content (AvgIpc) is 2.16. The van der Waals surface area contributed by atoms with Gasteiger partial charge in [0.15, 0.2) is 0 Å². The fourth-order valence-electron chi connectivity index (χ4n) is 1.84. The molecule has 0 aromatic heterocycles.